The highest BCUT2D eigenvalue weighted by molar-refractivity contribution is 7.99. The lowest BCUT2D eigenvalue weighted by Gasteiger charge is -2.02. The van der Waals surface area contributed by atoms with Gasteiger partial charge in [0.2, 0.25) is 0 Å². The number of rotatable bonds is 8. The fourth-order valence-electron chi connectivity index (χ4n) is 2.69. The van der Waals surface area contributed by atoms with Gasteiger partial charge in [-0.2, -0.15) is 11.8 Å². The van der Waals surface area contributed by atoms with Gasteiger partial charge in [-0.25, -0.2) is 0 Å². The molecular formula is C18H26O2S. The van der Waals surface area contributed by atoms with Crippen LogP contribution in [0, 0.1) is 27.7 Å². The molecular weight excluding hydrogens is 280 g/mol. The summed E-state index contributed by atoms with van der Waals surface area (Å²) in [6.07, 6.45) is 4.73. The maximum atomic E-state index is 5.56. The van der Waals surface area contributed by atoms with Crippen molar-refractivity contribution >= 4 is 11.8 Å². The van der Waals surface area contributed by atoms with Gasteiger partial charge in [0.05, 0.1) is 0 Å². The van der Waals surface area contributed by atoms with E-state index in [9.17, 15) is 0 Å². The lowest BCUT2D eigenvalue weighted by Crippen LogP contribution is -1.91. The van der Waals surface area contributed by atoms with E-state index in [-0.39, 0.29) is 0 Å². The molecule has 0 fully saturated rings. The van der Waals surface area contributed by atoms with Crippen molar-refractivity contribution in [3.8, 4) is 0 Å². The molecule has 2 aromatic rings. The van der Waals surface area contributed by atoms with Crippen LogP contribution in [-0.2, 0) is 12.8 Å². The fraction of sp³-hybridized carbons (Fsp3) is 0.556. The van der Waals surface area contributed by atoms with Crippen LogP contribution in [0.1, 0.15) is 47.0 Å². The summed E-state index contributed by atoms with van der Waals surface area (Å²) >= 11 is 2.06. The highest BCUT2D eigenvalue weighted by atomic mass is 32.2. The Morgan fingerprint density at radius 2 is 1.19 bits per heavy atom. The smallest absolute Gasteiger partial charge is 0.104 e. The predicted molar refractivity (Wildman–Crippen MR) is 90.3 cm³/mol. The Kier molecular flexibility index (Phi) is 6.04. The van der Waals surface area contributed by atoms with Crippen molar-refractivity contribution < 1.29 is 8.83 Å². The molecule has 0 spiro atoms. The van der Waals surface area contributed by atoms with Crippen molar-refractivity contribution in [1.82, 2.24) is 0 Å². The average Bonchev–Trinajstić information content (AvgIpc) is 2.90. The van der Waals surface area contributed by atoms with Crippen molar-refractivity contribution in [2.45, 2.75) is 53.4 Å². The van der Waals surface area contributed by atoms with Crippen LogP contribution in [0.2, 0.25) is 0 Å². The fourth-order valence-corrected chi connectivity index (χ4v) is 3.60. The lowest BCUT2D eigenvalue weighted by atomic mass is 10.1. The molecule has 0 radical (unpaired) electrons. The van der Waals surface area contributed by atoms with E-state index in [1.807, 2.05) is 13.8 Å². The van der Waals surface area contributed by atoms with Gasteiger partial charge in [-0.05, 0) is 88.1 Å². The molecule has 0 aliphatic heterocycles. The van der Waals surface area contributed by atoms with Gasteiger partial charge in [0.25, 0.3) is 0 Å². The van der Waals surface area contributed by atoms with Crippen molar-refractivity contribution in [1.29, 1.82) is 0 Å². The molecule has 2 rings (SSSR count). The summed E-state index contributed by atoms with van der Waals surface area (Å²) in [6, 6.07) is 4.34. The molecule has 0 N–H and O–H groups in total. The Bertz CT molecular complexity index is 516. The summed E-state index contributed by atoms with van der Waals surface area (Å²) in [5.41, 5.74) is 2.75. The molecule has 0 saturated heterocycles. The Balaban J connectivity index is 1.56. The van der Waals surface area contributed by atoms with E-state index >= 15 is 0 Å². The first-order valence-corrected chi connectivity index (χ1v) is 8.91. The molecule has 0 bridgehead atoms. The third-order valence-electron chi connectivity index (χ3n) is 3.76. The van der Waals surface area contributed by atoms with E-state index < -0.39 is 0 Å². The Morgan fingerprint density at radius 3 is 1.52 bits per heavy atom. The SMILES string of the molecule is Cc1cc(CCCSCCCc2cc(C)oc2C)c(C)o1. The van der Waals surface area contributed by atoms with E-state index in [4.69, 9.17) is 8.83 Å². The first-order valence-electron chi connectivity index (χ1n) is 7.76. The van der Waals surface area contributed by atoms with Crippen LogP contribution in [0.25, 0.3) is 0 Å². The molecule has 0 aliphatic carbocycles. The van der Waals surface area contributed by atoms with Crippen LogP contribution in [-0.4, -0.2) is 11.5 Å². The number of hydrogen-bond donors (Lipinski definition) is 0. The third-order valence-corrected chi connectivity index (χ3v) is 4.91. The van der Waals surface area contributed by atoms with Gasteiger partial charge in [-0.15, -0.1) is 0 Å². The van der Waals surface area contributed by atoms with E-state index in [0.717, 1.165) is 35.9 Å². The third kappa shape index (κ3) is 4.99. The summed E-state index contributed by atoms with van der Waals surface area (Å²) in [6.45, 7) is 8.16. The van der Waals surface area contributed by atoms with Gasteiger partial charge >= 0.3 is 0 Å². The predicted octanol–water partition coefficient (Wildman–Crippen LogP) is 5.40. The molecule has 2 aromatic heterocycles. The summed E-state index contributed by atoms with van der Waals surface area (Å²) in [5.74, 6) is 6.69. The van der Waals surface area contributed by atoms with Gasteiger partial charge in [-0.3, -0.25) is 0 Å². The average molecular weight is 306 g/mol. The molecule has 3 heteroatoms. The lowest BCUT2D eigenvalue weighted by molar-refractivity contribution is 0.500. The molecule has 0 saturated carbocycles. The molecule has 0 atom stereocenters. The van der Waals surface area contributed by atoms with Crippen molar-refractivity contribution in [3.05, 3.63) is 46.3 Å². The highest BCUT2D eigenvalue weighted by Gasteiger charge is 2.05. The first kappa shape index (κ1) is 16.3. The van der Waals surface area contributed by atoms with E-state index in [2.05, 4.69) is 37.7 Å². The summed E-state index contributed by atoms with van der Waals surface area (Å²) in [7, 11) is 0. The normalized spacial score (nSPS) is 11.2. The van der Waals surface area contributed by atoms with Crippen LogP contribution >= 0.6 is 11.8 Å². The first-order chi connectivity index (χ1) is 10.1. The van der Waals surface area contributed by atoms with Crippen molar-refractivity contribution in [2.24, 2.45) is 0 Å². The zero-order valence-electron chi connectivity index (χ0n) is 13.6. The van der Waals surface area contributed by atoms with Gasteiger partial charge in [0, 0.05) is 0 Å². The highest BCUT2D eigenvalue weighted by Crippen LogP contribution is 2.18. The minimum atomic E-state index is 1.03. The monoisotopic (exact) mass is 306 g/mol. The second-order valence-electron chi connectivity index (χ2n) is 5.70. The molecule has 0 aliphatic rings. The Hall–Kier alpha value is -1.09. The molecule has 0 amide bonds. The van der Waals surface area contributed by atoms with E-state index in [1.165, 1.54) is 35.5 Å². The zero-order chi connectivity index (χ0) is 15.2. The van der Waals surface area contributed by atoms with Gasteiger partial charge in [-0.1, -0.05) is 0 Å². The quantitative estimate of drug-likeness (QED) is 0.610. The standard InChI is InChI=1S/C18H26O2S/c1-13-11-17(15(3)19-13)7-5-9-21-10-6-8-18-12-14(2)20-16(18)4/h11-12H,5-10H2,1-4H3. The van der Waals surface area contributed by atoms with Gasteiger partial charge < -0.3 is 8.83 Å². The summed E-state index contributed by atoms with van der Waals surface area (Å²) in [4.78, 5) is 0. The van der Waals surface area contributed by atoms with Crippen LogP contribution in [0.15, 0.2) is 21.0 Å². The Labute approximate surface area is 132 Å². The van der Waals surface area contributed by atoms with Crippen LogP contribution in [0.5, 0.6) is 0 Å². The maximum Gasteiger partial charge on any atom is 0.104 e. The minimum absolute atomic E-state index is 1.03. The van der Waals surface area contributed by atoms with Gasteiger partial charge in [0.15, 0.2) is 0 Å². The van der Waals surface area contributed by atoms with Crippen LogP contribution < -0.4 is 0 Å². The topological polar surface area (TPSA) is 26.3 Å². The molecule has 116 valence electrons. The molecule has 2 heterocycles. The molecule has 2 nitrogen and oxygen atoms in total. The van der Waals surface area contributed by atoms with Crippen LogP contribution in [0.3, 0.4) is 0 Å². The minimum Gasteiger partial charge on any atom is -0.466 e. The van der Waals surface area contributed by atoms with Crippen LogP contribution in [0.4, 0.5) is 0 Å². The molecule has 21 heavy (non-hydrogen) atoms. The molecule has 0 unspecified atom stereocenters. The van der Waals surface area contributed by atoms with E-state index in [0.29, 0.717) is 0 Å². The number of hydrogen-bond acceptors (Lipinski definition) is 3. The van der Waals surface area contributed by atoms with Crippen molar-refractivity contribution in [3.63, 3.8) is 0 Å². The maximum absolute atomic E-state index is 5.56. The largest absolute Gasteiger partial charge is 0.466 e. The second kappa shape index (κ2) is 7.79. The van der Waals surface area contributed by atoms with Gasteiger partial charge in [0.1, 0.15) is 23.0 Å². The second-order valence-corrected chi connectivity index (χ2v) is 6.92. The molecule has 0 aromatic carbocycles. The Morgan fingerprint density at radius 1 is 0.762 bits per heavy atom. The van der Waals surface area contributed by atoms with E-state index in [1.54, 1.807) is 0 Å². The number of furan rings is 2. The summed E-state index contributed by atoms with van der Waals surface area (Å²) < 4.78 is 11.1. The number of thioether (sulfide) groups is 1. The summed E-state index contributed by atoms with van der Waals surface area (Å²) in [5, 5.41) is 0. The number of aryl methyl sites for hydroxylation is 6. The zero-order valence-corrected chi connectivity index (χ0v) is 14.4. The van der Waals surface area contributed by atoms with Crippen molar-refractivity contribution in [2.75, 3.05) is 11.5 Å².